The number of aryl methyl sites for hydroxylation is 1. The summed E-state index contributed by atoms with van der Waals surface area (Å²) < 4.78 is 1.89. The molecule has 0 bridgehead atoms. The van der Waals surface area contributed by atoms with Gasteiger partial charge >= 0.3 is 0 Å². The third kappa shape index (κ3) is 5.05. The van der Waals surface area contributed by atoms with Crippen molar-refractivity contribution in [1.29, 1.82) is 5.26 Å². The molecule has 3 heterocycles. The number of imidazole rings is 1. The number of amides is 2. The van der Waals surface area contributed by atoms with Gasteiger partial charge in [-0.2, -0.15) is 5.26 Å². The van der Waals surface area contributed by atoms with E-state index < -0.39 is 5.41 Å². The molecule has 2 aliphatic rings. The summed E-state index contributed by atoms with van der Waals surface area (Å²) in [6, 6.07) is 10.1. The number of nitriles is 1. The van der Waals surface area contributed by atoms with Crippen LogP contribution in [-0.4, -0.2) is 57.3 Å². The van der Waals surface area contributed by atoms with Crippen LogP contribution in [0.1, 0.15) is 70.0 Å². The number of nitrogens with zero attached hydrogens (tertiary/aromatic N) is 5. The fourth-order valence-electron chi connectivity index (χ4n) is 5.30. The molecule has 0 atom stereocenters. The Kier molecular flexibility index (Phi) is 7.32. The molecule has 0 saturated carbocycles. The van der Waals surface area contributed by atoms with Crippen molar-refractivity contribution in [3.05, 3.63) is 30.1 Å². The summed E-state index contributed by atoms with van der Waals surface area (Å²) >= 11 is 0. The zero-order valence-corrected chi connectivity index (χ0v) is 19.8. The highest BCUT2D eigenvalue weighted by atomic mass is 16.2. The number of hydrogen-bond acceptors (Lipinski definition) is 4. The highest BCUT2D eigenvalue weighted by molar-refractivity contribution is 5.84. The average Bonchev–Trinajstić information content (AvgIpc) is 3.09. The van der Waals surface area contributed by atoms with E-state index in [0.29, 0.717) is 5.82 Å². The van der Waals surface area contributed by atoms with Crippen molar-refractivity contribution in [2.75, 3.05) is 26.2 Å². The van der Waals surface area contributed by atoms with E-state index >= 15 is 0 Å². The third-order valence-corrected chi connectivity index (χ3v) is 7.25. The topological polar surface area (TPSA) is 82.2 Å². The van der Waals surface area contributed by atoms with Crippen molar-refractivity contribution in [3.63, 3.8) is 0 Å². The molecule has 1 aromatic carbocycles. The van der Waals surface area contributed by atoms with Gasteiger partial charge in [-0.25, -0.2) is 4.98 Å². The van der Waals surface area contributed by atoms with E-state index in [4.69, 9.17) is 4.98 Å². The molecule has 2 fully saturated rings. The Morgan fingerprint density at radius 1 is 0.879 bits per heavy atom. The average molecular weight is 450 g/mol. The molecule has 33 heavy (non-hydrogen) atoms. The van der Waals surface area contributed by atoms with Crippen LogP contribution in [-0.2, 0) is 22.1 Å². The lowest BCUT2D eigenvalue weighted by Gasteiger charge is -2.31. The second kappa shape index (κ2) is 10.4. The number of carbonyl (C=O) groups is 2. The quantitative estimate of drug-likeness (QED) is 0.693. The van der Waals surface area contributed by atoms with Gasteiger partial charge in [0, 0.05) is 33.2 Å². The standard InChI is InChI=1S/C26H35N5O2/c1-29-22-13-7-6-12-21(22)28-25(29)26(20-27,18-23(32)30-14-8-2-3-9-15-30)19-24(33)31-16-10-4-5-11-17-31/h6-7,12-13H,2-5,8-11,14-19H2,1H3. The van der Waals surface area contributed by atoms with Gasteiger partial charge in [0.05, 0.1) is 29.9 Å². The molecule has 176 valence electrons. The predicted molar refractivity (Wildman–Crippen MR) is 127 cm³/mol. The fourth-order valence-corrected chi connectivity index (χ4v) is 5.30. The van der Waals surface area contributed by atoms with E-state index in [2.05, 4.69) is 6.07 Å². The van der Waals surface area contributed by atoms with Crippen molar-refractivity contribution >= 4 is 22.8 Å². The summed E-state index contributed by atoms with van der Waals surface area (Å²) in [4.78, 5) is 35.5. The smallest absolute Gasteiger partial charge is 0.224 e. The van der Waals surface area contributed by atoms with Crippen molar-refractivity contribution in [2.24, 2.45) is 7.05 Å². The SMILES string of the molecule is Cn1c(C(C#N)(CC(=O)N2CCCCCC2)CC(=O)N2CCCCCC2)nc2ccccc21. The number of fused-ring (bicyclic) bond motifs is 1. The largest absolute Gasteiger partial charge is 0.343 e. The maximum atomic E-state index is 13.5. The Hall–Kier alpha value is -2.88. The lowest BCUT2D eigenvalue weighted by Crippen LogP contribution is -2.43. The first-order valence-corrected chi connectivity index (χ1v) is 12.4. The van der Waals surface area contributed by atoms with Gasteiger partial charge in [-0.1, -0.05) is 37.8 Å². The van der Waals surface area contributed by atoms with Crippen LogP contribution in [0.4, 0.5) is 0 Å². The lowest BCUT2D eigenvalue weighted by molar-refractivity contribution is -0.134. The maximum absolute atomic E-state index is 13.5. The van der Waals surface area contributed by atoms with Crippen molar-refractivity contribution in [1.82, 2.24) is 19.4 Å². The third-order valence-electron chi connectivity index (χ3n) is 7.25. The molecule has 2 amide bonds. The number of rotatable bonds is 5. The van der Waals surface area contributed by atoms with E-state index in [1.807, 2.05) is 45.7 Å². The van der Waals surface area contributed by atoms with Gasteiger partial charge in [0.1, 0.15) is 11.2 Å². The van der Waals surface area contributed by atoms with E-state index in [9.17, 15) is 14.9 Å². The molecule has 7 nitrogen and oxygen atoms in total. The van der Waals surface area contributed by atoms with Crippen LogP contribution in [0.15, 0.2) is 24.3 Å². The number of benzene rings is 1. The Balaban J connectivity index is 1.69. The zero-order chi connectivity index (χ0) is 23.3. The molecule has 2 saturated heterocycles. The molecule has 0 N–H and O–H groups in total. The Labute approximate surface area is 196 Å². The zero-order valence-electron chi connectivity index (χ0n) is 19.8. The first kappa shape index (κ1) is 23.3. The number of hydrogen-bond donors (Lipinski definition) is 0. The highest BCUT2D eigenvalue weighted by Crippen LogP contribution is 2.35. The van der Waals surface area contributed by atoms with Crippen LogP contribution in [0.3, 0.4) is 0 Å². The van der Waals surface area contributed by atoms with Crippen LogP contribution >= 0.6 is 0 Å². The van der Waals surface area contributed by atoms with E-state index in [1.54, 1.807) is 0 Å². The summed E-state index contributed by atoms with van der Waals surface area (Å²) in [5.41, 5.74) is 0.385. The molecule has 0 spiro atoms. The normalized spacial score (nSPS) is 17.9. The van der Waals surface area contributed by atoms with Crippen molar-refractivity contribution in [3.8, 4) is 6.07 Å². The minimum atomic E-state index is -1.29. The van der Waals surface area contributed by atoms with Gasteiger partial charge in [-0.3, -0.25) is 9.59 Å². The molecule has 0 unspecified atom stereocenters. The molecular formula is C26H35N5O2. The summed E-state index contributed by atoms with van der Waals surface area (Å²) in [5.74, 6) is 0.417. The molecule has 2 aliphatic heterocycles. The van der Waals surface area contributed by atoms with Gasteiger partial charge in [-0.15, -0.1) is 0 Å². The lowest BCUT2D eigenvalue weighted by atomic mass is 9.80. The summed E-state index contributed by atoms with van der Waals surface area (Å²) in [7, 11) is 1.88. The van der Waals surface area contributed by atoms with Gasteiger partial charge in [0.2, 0.25) is 11.8 Å². The second-order valence-electron chi connectivity index (χ2n) is 9.62. The number of likely N-dealkylation sites (tertiary alicyclic amines) is 2. The van der Waals surface area contributed by atoms with E-state index in [-0.39, 0.29) is 24.7 Å². The summed E-state index contributed by atoms with van der Waals surface area (Å²) in [5, 5.41) is 10.5. The van der Waals surface area contributed by atoms with Crippen LogP contribution in [0.5, 0.6) is 0 Å². The first-order valence-electron chi connectivity index (χ1n) is 12.4. The molecule has 7 heteroatoms. The van der Waals surface area contributed by atoms with Crippen molar-refractivity contribution < 1.29 is 9.59 Å². The summed E-state index contributed by atoms with van der Waals surface area (Å²) in [6.45, 7) is 2.90. The van der Waals surface area contributed by atoms with Crippen LogP contribution in [0, 0.1) is 11.3 Å². The molecule has 1 aromatic heterocycles. The number of para-hydroxylation sites is 2. The minimum Gasteiger partial charge on any atom is -0.343 e. The maximum Gasteiger partial charge on any atom is 0.224 e. The van der Waals surface area contributed by atoms with Crippen LogP contribution < -0.4 is 0 Å². The predicted octanol–water partition coefficient (Wildman–Crippen LogP) is 3.92. The molecule has 0 radical (unpaired) electrons. The molecule has 2 aromatic rings. The minimum absolute atomic E-state index is 0.0136. The van der Waals surface area contributed by atoms with E-state index in [1.165, 1.54) is 0 Å². The molecule has 4 rings (SSSR count). The Morgan fingerprint density at radius 2 is 1.36 bits per heavy atom. The van der Waals surface area contributed by atoms with Gasteiger partial charge in [0.15, 0.2) is 0 Å². The second-order valence-corrected chi connectivity index (χ2v) is 9.62. The van der Waals surface area contributed by atoms with Crippen LogP contribution in [0.25, 0.3) is 11.0 Å². The Bertz CT molecular complexity index is 987. The molecular weight excluding hydrogens is 414 g/mol. The summed E-state index contributed by atoms with van der Waals surface area (Å²) in [6.07, 6.45) is 8.46. The van der Waals surface area contributed by atoms with Gasteiger partial charge in [0.25, 0.3) is 0 Å². The van der Waals surface area contributed by atoms with Crippen LogP contribution in [0.2, 0.25) is 0 Å². The number of carbonyl (C=O) groups excluding carboxylic acids is 2. The van der Waals surface area contributed by atoms with Gasteiger partial charge in [-0.05, 0) is 37.8 Å². The van der Waals surface area contributed by atoms with Crippen molar-refractivity contribution in [2.45, 2.75) is 69.6 Å². The molecule has 0 aliphatic carbocycles. The highest BCUT2D eigenvalue weighted by Gasteiger charge is 2.43. The fraction of sp³-hybridized carbons (Fsp3) is 0.615. The first-order chi connectivity index (χ1) is 16.0. The number of aromatic nitrogens is 2. The van der Waals surface area contributed by atoms with Gasteiger partial charge < -0.3 is 14.4 Å². The van der Waals surface area contributed by atoms with E-state index in [0.717, 1.165) is 88.6 Å². The Morgan fingerprint density at radius 3 is 1.82 bits per heavy atom. The monoisotopic (exact) mass is 449 g/mol.